The average molecular weight is 252 g/mol. The van der Waals surface area contributed by atoms with Crippen molar-refractivity contribution in [2.24, 2.45) is 0 Å². The van der Waals surface area contributed by atoms with Gasteiger partial charge >= 0.3 is 5.97 Å². The molecule has 0 saturated heterocycles. The van der Waals surface area contributed by atoms with Crippen molar-refractivity contribution in [1.29, 1.82) is 0 Å². The van der Waals surface area contributed by atoms with E-state index in [9.17, 15) is 19.7 Å². The summed E-state index contributed by atoms with van der Waals surface area (Å²) in [5.41, 5.74) is -0.546. The third-order valence-electron chi connectivity index (χ3n) is 2.19. The number of carbonyl (C=O) groups is 2. The van der Waals surface area contributed by atoms with Crippen LogP contribution < -0.4 is 5.32 Å². The van der Waals surface area contributed by atoms with Gasteiger partial charge in [0.15, 0.2) is 0 Å². The molecule has 0 aliphatic rings. The third-order valence-corrected chi connectivity index (χ3v) is 2.19. The van der Waals surface area contributed by atoms with Gasteiger partial charge in [0.25, 0.3) is 5.69 Å². The Hall–Kier alpha value is -2.44. The van der Waals surface area contributed by atoms with Gasteiger partial charge in [-0.1, -0.05) is 6.92 Å². The molecule has 1 aromatic carbocycles. The van der Waals surface area contributed by atoms with Gasteiger partial charge in [-0.05, 0) is 18.6 Å². The molecule has 0 aromatic heterocycles. The fourth-order valence-corrected chi connectivity index (χ4v) is 1.37. The summed E-state index contributed by atoms with van der Waals surface area (Å²) >= 11 is 0. The lowest BCUT2D eigenvalue weighted by Crippen LogP contribution is -2.13. The predicted octanol–water partition coefficient (Wildman–Crippen LogP) is 2.03. The van der Waals surface area contributed by atoms with Crippen LogP contribution in [0.15, 0.2) is 18.2 Å². The van der Waals surface area contributed by atoms with Crippen molar-refractivity contribution in [1.82, 2.24) is 0 Å². The number of hydrogen-bond acceptors (Lipinski definition) is 4. The number of nitro benzene ring substituents is 1. The number of carboxylic acid groups (broad SMARTS) is 1. The first kappa shape index (κ1) is 13.6. The molecule has 7 nitrogen and oxygen atoms in total. The molecular formula is C11H12N2O5. The first-order valence-electron chi connectivity index (χ1n) is 5.27. The Morgan fingerprint density at radius 1 is 1.44 bits per heavy atom. The molecule has 0 aliphatic heterocycles. The molecule has 0 aliphatic carbocycles. The van der Waals surface area contributed by atoms with Crippen molar-refractivity contribution < 1.29 is 19.6 Å². The Bertz CT molecular complexity index is 498. The Morgan fingerprint density at radius 3 is 2.61 bits per heavy atom. The standard InChI is InChI=1S/C11H12N2O5/c1-2-3-10(14)12-8-6-7(11(15)16)4-5-9(8)13(17)18/h4-6H,2-3H2,1H3,(H,12,14)(H,15,16). The van der Waals surface area contributed by atoms with Gasteiger partial charge in [-0.3, -0.25) is 14.9 Å². The lowest BCUT2D eigenvalue weighted by molar-refractivity contribution is -0.383. The second kappa shape index (κ2) is 5.76. The van der Waals surface area contributed by atoms with Gasteiger partial charge in [0.1, 0.15) is 5.69 Å². The predicted molar refractivity (Wildman–Crippen MR) is 63.6 cm³/mol. The Balaban J connectivity index is 3.11. The maximum absolute atomic E-state index is 11.4. The maximum Gasteiger partial charge on any atom is 0.335 e. The summed E-state index contributed by atoms with van der Waals surface area (Å²) in [7, 11) is 0. The molecule has 0 fully saturated rings. The van der Waals surface area contributed by atoms with E-state index in [1.165, 1.54) is 0 Å². The summed E-state index contributed by atoms with van der Waals surface area (Å²) in [6.45, 7) is 1.79. The van der Waals surface area contributed by atoms with Crippen LogP contribution in [0, 0.1) is 10.1 Å². The van der Waals surface area contributed by atoms with Crippen molar-refractivity contribution in [2.45, 2.75) is 19.8 Å². The summed E-state index contributed by atoms with van der Waals surface area (Å²) in [5.74, 6) is -1.60. The highest BCUT2D eigenvalue weighted by Crippen LogP contribution is 2.25. The molecule has 0 saturated carbocycles. The van der Waals surface area contributed by atoms with E-state index in [-0.39, 0.29) is 29.3 Å². The van der Waals surface area contributed by atoms with E-state index in [1.54, 1.807) is 6.92 Å². The zero-order valence-electron chi connectivity index (χ0n) is 9.67. The Labute approximate surface area is 103 Å². The molecule has 18 heavy (non-hydrogen) atoms. The summed E-state index contributed by atoms with van der Waals surface area (Å²) < 4.78 is 0. The Morgan fingerprint density at radius 2 is 2.11 bits per heavy atom. The SMILES string of the molecule is CCCC(=O)Nc1cc(C(=O)O)ccc1[N+](=O)[O-]. The van der Waals surface area contributed by atoms with Crippen molar-refractivity contribution >= 4 is 23.3 Å². The van der Waals surface area contributed by atoms with Gasteiger partial charge < -0.3 is 10.4 Å². The van der Waals surface area contributed by atoms with Crippen LogP contribution in [0.3, 0.4) is 0 Å². The number of aromatic carboxylic acids is 1. The van der Waals surface area contributed by atoms with E-state index < -0.39 is 10.9 Å². The number of carbonyl (C=O) groups excluding carboxylic acids is 1. The number of hydrogen-bond donors (Lipinski definition) is 2. The second-order valence-electron chi connectivity index (χ2n) is 3.59. The highest BCUT2D eigenvalue weighted by Gasteiger charge is 2.18. The van der Waals surface area contributed by atoms with E-state index in [4.69, 9.17) is 5.11 Å². The molecule has 1 rings (SSSR count). The van der Waals surface area contributed by atoms with E-state index in [2.05, 4.69) is 5.32 Å². The van der Waals surface area contributed by atoms with E-state index >= 15 is 0 Å². The van der Waals surface area contributed by atoms with Crippen LogP contribution in [0.5, 0.6) is 0 Å². The maximum atomic E-state index is 11.4. The van der Waals surface area contributed by atoms with Crippen molar-refractivity contribution in [3.8, 4) is 0 Å². The molecule has 1 amide bonds. The molecule has 0 unspecified atom stereocenters. The molecule has 0 radical (unpaired) electrons. The smallest absolute Gasteiger partial charge is 0.335 e. The van der Waals surface area contributed by atoms with E-state index in [0.717, 1.165) is 18.2 Å². The van der Waals surface area contributed by atoms with Crippen LogP contribution in [-0.4, -0.2) is 21.9 Å². The van der Waals surface area contributed by atoms with Crippen molar-refractivity contribution in [2.75, 3.05) is 5.32 Å². The van der Waals surface area contributed by atoms with Gasteiger partial charge in [-0.15, -0.1) is 0 Å². The van der Waals surface area contributed by atoms with Gasteiger partial charge in [0.05, 0.1) is 10.5 Å². The molecule has 2 N–H and O–H groups in total. The van der Waals surface area contributed by atoms with E-state index in [1.807, 2.05) is 0 Å². The minimum absolute atomic E-state index is 0.0987. The normalized spacial score (nSPS) is 9.83. The zero-order valence-corrected chi connectivity index (χ0v) is 9.67. The lowest BCUT2D eigenvalue weighted by atomic mass is 10.1. The summed E-state index contributed by atoms with van der Waals surface area (Å²) in [5, 5.41) is 21.9. The number of nitrogens with one attached hydrogen (secondary N) is 1. The summed E-state index contributed by atoms with van der Waals surface area (Å²) in [4.78, 5) is 32.2. The van der Waals surface area contributed by atoms with Crippen LogP contribution in [0.4, 0.5) is 11.4 Å². The molecule has 0 heterocycles. The molecule has 1 aromatic rings. The largest absolute Gasteiger partial charge is 0.478 e. The molecule has 7 heteroatoms. The highest BCUT2D eigenvalue weighted by atomic mass is 16.6. The minimum atomic E-state index is -1.21. The second-order valence-corrected chi connectivity index (χ2v) is 3.59. The fourth-order valence-electron chi connectivity index (χ4n) is 1.37. The van der Waals surface area contributed by atoms with Gasteiger partial charge in [0, 0.05) is 12.5 Å². The summed E-state index contributed by atoms with van der Waals surface area (Å²) in [6, 6.07) is 3.26. The number of carboxylic acids is 1. The minimum Gasteiger partial charge on any atom is -0.478 e. The van der Waals surface area contributed by atoms with Crippen LogP contribution in [0.25, 0.3) is 0 Å². The number of amides is 1. The highest BCUT2D eigenvalue weighted by molar-refractivity contribution is 5.96. The molecule has 96 valence electrons. The number of nitrogens with zero attached hydrogens (tertiary/aromatic N) is 1. The van der Waals surface area contributed by atoms with Crippen molar-refractivity contribution in [3.63, 3.8) is 0 Å². The van der Waals surface area contributed by atoms with Crippen LogP contribution in [0.2, 0.25) is 0 Å². The quantitative estimate of drug-likeness (QED) is 0.615. The lowest BCUT2D eigenvalue weighted by Gasteiger charge is -2.06. The number of anilines is 1. The molecule has 0 atom stereocenters. The molecular weight excluding hydrogens is 240 g/mol. The van der Waals surface area contributed by atoms with E-state index in [0.29, 0.717) is 6.42 Å². The first-order valence-corrected chi connectivity index (χ1v) is 5.27. The zero-order chi connectivity index (χ0) is 13.7. The fraction of sp³-hybridized carbons (Fsp3) is 0.273. The van der Waals surface area contributed by atoms with Crippen molar-refractivity contribution in [3.05, 3.63) is 33.9 Å². The Kier molecular flexibility index (Phi) is 4.36. The van der Waals surface area contributed by atoms with Crippen LogP contribution in [0.1, 0.15) is 30.1 Å². The monoisotopic (exact) mass is 252 g/mol. The average Bonchev–Trinajstić information content (AvgIpc) is 2.28. The third kappa shape index (κ3) is 3.27. The number of benzene rings is 1. The topological polar surface area (TPSA) is 110 Å². The first-order chi connectivity index (χ1) is 8.45. The molecule has 0 bridgehead atoms. The van der Waals surface area contributed by atoms with Crippen LogP contribution in [-0.2, 0) is 4.79 Å². The summed E-state index contributed by atoms with van der Waals surface area (Å²) in [6.07, 6.45) is 0.812. The number of rotatable bonds is 5. The number of nitro groups is 1. The van der Waals surface area contributed by atoms with Gasteiger partial charge in [0.2, 0.25) is 5.91 Å². The van der Waals surface area contributed by atoms with Gasteiger partial charge in [-0.2, -0.15) is 0 Å². The van der Waals surface area contributed by atoms with Crippen LogP contribution >= 0.6 is 0 Å². The van der Waals surface area contributed by atoms with Gasteiger partial charge in [-0.25, -0.2) is 4.79 Å². The molecule has 0 spiro atoms.